The number of hydrogen-bond donors (Lipinski definition) is 1. The molecule has 1 aromatic heterocycles. The van der Waals surface area contributed by atoms with Crippen LogP contribution in [0.2, 0.25) is 10.0 Å². The van der Waals surface area contributed by atoms with E-state index in [1.165, 1.54) is 16.8 Å². The topological polar surface area (TPSA) is 73.8 Å². The number of aromatic nitrogens is 1. The molecule has 2 aliphatic heterocycles. The Bertz CT molecular complexity index is 1170. The lowest BCUT2D eigenvalue weighted by atomic mass is 10.1. The highest BCUT2D eigenvalue weighted by atomic mass is 35.5. The van der Waals surface area contributed by atoms with Crippen LogP contribution in [0.15, 0.2) is 39.9 Å². The van der Waals surface area contributed by atoms with Gasteiger partial charge in [0.25, 0.3) is 5.91 Å². The molecule has 2 aliphatic rings. The molecule has 3 heterocycles. The lowest BCUT2D eigenvalue weighted by molar-refractivity contribution is -0.114. The van der Waals surface area contributed by atoms with Crippen LogP contribution in [0.1, 0.15) is 30.8 Å². The predicted octanol–water partition coefficient (Wildman–Crippen LogP) is 5.68. The number of amidine groups is 2. The molecule has 1 aromatic carbocycles. The standard InChI is InChI=1S/C21H19Cl2N5OS/c1-10(2)20-26-28-18(24)17(19(29)25-21(28)30-20)6-13-5-11(3)27(12(13)4)16-8-14(22)7-15(23)9-16/h5-10,24H,1-4H3/b17-6-,24-18?. The number of benzene rings is 1. The number of nitrogens with one attached hydrogen (secondary N) is 1. The minimum Gasteiger partial charge on any atom is -0.318 e. The summed E-state index contributed by atoms with van der Waals surface area (Å²) in [5, 5.41) is 16.8. The Balaban J connectivity index is 1.76. The van der Waals surface area contributed by atoms with Crippen molar-refractivity contribution in [2.75, 3.05) is 0 Å². The average Bonchev–Trinajstić information content (AvgIpc) is 3.19. The van der Waals surface area contributed by atoms with Crippen molar-refractivity contribution in [2.45, 2.75) is 27.7 Å². The van der Waals surface area contributed by atoms with Gasteiger partial charge in [-0.05, 0) is 61.5 Å². The molecule has 4 rings (SSSR count). The summed E-state index contributed by atoms with van der Waals surface area (Å²) >= 11 is 13.7. The molecule has 30 heavy (non-hydrogen) atoms. The van der Waals surface area contributed by atoms with Gasteiger partial charge in [-0.25, -0.2) is 0 Å². The molecule has 0 spiro atoms. The van der Waals surface area contributed by atoms with Gasteiger partial charge in [-0.1, -0.05) is 37.0 Å². The summed E-state index contributed by atoms with van der Waals surface area (Å²) in [4.78, 5) is 16.8. The van der Waals surface area contributed by atoms with E-state index in [0.29, 0.717) is 15.2 Å². The minimum atomic E-state index is -0.436. The molecule has 0 fully saturated rings. The average molecular weight is 460 g/mol. The summed E-state index contributed by atoms with van der Waals surface area (Å²) in [6, 6.07) is 7.30. The van der Waals surface area contributed by atoms with Gasteiger partial charge in [0.15, 0.2) is 5.84 Å². The third-order valence-electron chi connectivity index (χ3n) is 4.84. The van der Waals surface area contributed by atoms with Crippen molar-refractivity contribution in [1.29, 1.82) is 5.41 Å². The van der Waals surface area contributed by atoms with Gasteiger partial charge in [0.1, 0.15) is 5.04 Å². The number of aliphatic imine (C=N–C) groups is 1. The van der Waals surface area contributed by atoms with Crippen LogP contribution in [0.5, 0.6) is 0 Å². The molecule has 0 unspecified atom stereocenters. The van der Waals surface area contributed by atoms with Crippen molar-refractivity contribution in [3.05, 3.63) is 56.8 Å². The van der Waals surface area contributed by atoms with E-state index in [4.69, 9.17) is 28.6 Å². The number of aryl methyl sites for hydroxylation is 1. The van der Waals surface area contributed by atoms with Gasteiger partial charge in [-0.2, -0.15) is 15.1 Å². The zero-order chi connectivity index (χ0) is 21.7. The molecule has 1 amide bonds. The van der Waals surface area contributed by atoms with E-state index in [9.17, 15) is 4.79 Å². The van der Waals surface area contributed by atoms with Crippen molar-refractivity contribution in [3.8, 4) is 5.69 Å². The monoisotopic (exact) mass is 459 g/mol. The molecule has 0 aliphatic carbocycles. The van der Waals surface area contributed by atoms with Gasteiger partial charge in [0, 0.05) is 33.0 Å². The zero-order valence-electron chi connectivity index (χ0n) is 16.8. The molecular weight excluding hydrogens is 441 g/mol. The maximum absolute atomic E-state index is 12.7. The Morgan fingerprint density at radius 1 is 1.13 bits per heavy atom. The number of fused-ring (bicyclic) bond motifs is 1. The van der Waals surface area contributed by atoms with Crippen LogP contribution in [-0.2, 0) is 4.79 Å². The number of hydrazone groups is 1. The van der Waals surface area contributed by atoms with Crippen LogP contribution in [0, 0.1) is 25.2 Å². The van der Waals surface area contributed by atoms with Crippen molar-refractivity contribution >= 4 is 63.0 Å². The van der Waals surface area contributed by atoms with Crippen LogP contribution in [0.25, 0.3) is 11.8 Å². The summed E-state index contributed by atoms with van der Waals surface area (Å²) < 4.78 is 2.01. The van der Waals surface area contributed by atoms with Crippen LogP contribution in [-0.4, -0.2) is 31.5 Å². The number of halogens is 2. The highest BCUT2D eigenvalue weighted by Gasteiger charge is 2.36. The van der Waals surface area contributed by atoms with E-state index in [1.807, 2.05) is 50.5 Å². The second kappa shape index (κ2) is 7.72. The van der Waals surface area contributed by atoms with Gasteiger partial charge in [0.2, 0.25) is 5.17 Å². The molecule has 9 heteroatoms. The van der Waals surface area contributed by atoms with Gasteiger partial charge in [-0.3, -0.25) is 10.2 Å². The summed E-state index contributed by atoms with van der Waals surface area (Å²) in [6.45, 7) is 7.94. The smallest absolute Gasteiger partial charge is 0.283 e. The predicted molar refractivity (Wildman–Crippen MR) is 125 cm³/mol. The third kappa shape index (κ3) is 3.62. The normalized spacial score (nSPS) is 17.7. The maximum atomic E-state index is 12.7. The van der Waals surface area contributed by atoms with Crippen molar-refractivity contribution in [2.24, 2.45) is 16.0 Å². The van der Waals surface area contributed by atoms with Crippen LogP contribution >= 0.6 is 35.0 Å². The van der Waals surface area contributed by atoms with Gasteiger partial charge in [-0.15, -0.1) is 0 Å². The lowest BCUT2D eigenvalue weighted by Crippen LogP contribution is -2.35. The van der Waals surface area contributed by atoms with E-state index in [2.05, 4.69) is 10.1 Å². The van der Waals surface area contributed by atoms with Crippen molar-refractivity contribution < 1.29 is 4.79 Å². The van der Waals surface area contributed by atoms with E-state index >= 15 is 0 Å². The first-order valence-electron chi connectivity index (χ1n) is 9.31. The lowest BCUT2D eigenvalue weighted by Gasteiger charge is -2.20. The van der Waals surface area contributed by atoms with Crippen LogP contribution < -0.4 is 0 Å². The second-order valence-electron chi connectivity index (χ2n) is 7.40. The van der Waals surface area contributed by atoms with E-state index in [-0.39, 0.29) is 17.3 Å². The fraction of sp³-hybridized carbons (Fsp3) is 0.238. The molecule has 1 N–H and O–H groups in total. The molecular formula is C21H19Cl2N5OS. The van der Waals surface area contributed by atoms with Gasteiger partial charge >= 0.3 is 0 Å². The Labute approximate surface area is 188 Å². The number of amides is 1. The van der Waals surface area contributed by atoms with Gasteiger partial charge < -0.3 is 4.57 Å². The molecule has 2 aromatic rings. The summed E-state index contributed by atoms with van der Waals surface area (Å²) in [5.41, 5.74) is 3.71. The summed E-state index contributed by atoms with van der Waals surface area (Å²) in [6.07, 6.45) is 1.70. The number of carbonyl (C=O) groups is 1. The Morgan fingerprint density at radius 2 is 1.80 bits per heavy atom. The highest BCUT2D eigenvalue weighted by Crippen LogP contribution is 2.32. The molecule has 0 saturated heterocycles. The first kappa shape index (κ1) is 20.9. The Morgan fingerprint density at radius 3 is 2.43 bits per heavy atom. The van der Waals surface area contributed by atoms with E-state index in [0.717, 1.165) is 27.7 Å². The fourth-order valence-corrected chi connectivity index (χ4v) is 4.80. The van der Waals surface area contributed by atoms with E-state index < -0.39 is 5.91 Å². The SMILES string of the molecule is Cc1cc(/C=C2/C(=N)N3N=C(C(C)C)SC3=NC2=O)c(C)n1-c1cc(Cl)cc(Cl)c1. The molecule has 0 saturated carbocycles. The number of rotatable bonds is 3. The Kier molecular flexibility index (Phi) is 5.38. The first-order chi connectivity index (χ1) is 14.2. The summed E-state index contributed by atoms with van der Waals surface area (Å²) in [5.74, 6) is -0.208. The second-order valence-corrected chi connectivity index (χ2v) is 9.26. The number of carbonyl (C=O) groups excluding carboxylic acids is 1. The maximum Gasteiger partial charge on any atom is 0.283 e. The quantitative estimate of drug-likeness (QED) is 0.600. The van der Waals surface area contributed by atoms with Crippen LogP contribution in [0.3, 0.4) is 0 Å². The largest absolute Gasteiger partial charge is 0.318 e. The molecule has 154 valence electrons. The number of hydrogen-bond acceptors (Lipinski definition) is 4. The highest BCUT2D eigenvalue weighted by molar-refractivity contribution is 8.27. The van der Waals surface area contributed by atoms with E-state index in [1.54, 1.807) is 12.1 Å². The molecule has 0 bridgehead atoms. The van der Waals surface area contributed by atoms with Crippen LogP contribution in [0.4, 0.5) is 0 Å². The zero-order valence-corrected chi connectivity index (χ0v) is 19.2. The molecule has 6 nitrogen and oxygen atoms in total. The fourth-order valence-electron chi connectivity index (χ4n) is 3.40. The number of thioether (sulfide) groups is 1. The molecule has 0 radical (unpaired) electrons. The van der Waals surface area contributed by atoms with Crippen molar-refractivity contribution in [1.82, 2.24) is 9.58 Å². The molecule has 0 atom stereocenters. The van der Waals surface area contributed by atoms with Gasteiger partial charge in [0.05, 0.1) is 5.57 Å². The van der Waals surface area contributed by atoms with Crippen molar-refractivity contribution in [3.63, 3.8) is 0 Å². The first-order valence-corrected chi connectivity index (χ1v) is 10.9. The summed E-state index contributed by atoms with van der Waals surface area (Å²) in [7, 11) is 0. The Hall–Kier alpha value is -2.35. The third-order valence-corrected chi connectivity index (χ3v) is 6.49. The number of nitrogens with zero attached hydrogens (tertiary/aromatic N) is 4. The minimum absolute atomic E-state index is 0.0313.